The summed E-state index contributed by atoms with van der Waals surface area (Å²) in [7, 11) is 4.68. The molecular formula is C22H20O7. The molecule has 1 aliphatic carbocycles. The van der Waals surface area contributed by atoms with Crippen molar-refractivity contribution in [2.24, 2.45) is 5.92 Å². The second-order valence-electron chi connectivity index (χ2n) is 7.04. The first-order valence-electron chi connectivity index (χ1n) is 9.29. The lowest BCUT2D eigenvalue weighted by Gasteiger charge is -2.26. The highest BCUT2D eigenvalue weighted by atomic mass is 16.7. The van der Waals surface area contributed by atoms with E-state index in [1.54, 1.807) is 21.3 Å². The molecule has 0 radical (unpaired) electrons. The molecule has 0 saturated carbocycles. The Morgan fingerprint density at radius 3 is 2.41 bits per heavy atom. The highest BCUT2D eigenvalue weighted by Gasteiger charge is 2.41. The molecule has 1 atom stereocenters. The van der Waals surface area contributed by atoms with E-state index >= 15 is 0 Å². The number of methoxy groups -OCH3 is 3. The van der Waals surface area contributed by atoms with Crippen molar-refractivity contribution in [1.29, 1.82) is 0 Å². The van der Waals surface area contributed by atoms with Crippen molar-refractivity contribution >= 4 is 11.5 Å². The molecule has 0 amide bonds. The minimum absolute atomic E-state index is 0.00976. The van der Waals surface area contributed by atoms with Crippen molar-refractivity contribution in [2.75, 3.05) is 34.7 Å². The number of hydrogen-bond donors (Lipinski definition) is 0. The van der Waals surface area contributed by atoms with Crippen molar-refractivity contribution in [3.8, 4) is 28.7 Å². The van der Waals surface area contributed by atoms with Gasteiger partial charge in [0.25, 0.3) is 0 Å². The summed E-state index contributed by atoms with van der Waals surface area (Å²) in [5.74, 6) is 2.51. The van der Waals surface area contributed by atoms with Gasteiger partial charge in [0, 0.05) is 17.1 Å². The zero-order valence-electron chi connectivity index (χ0n) is 16.4. The Bertz CT molecular complexity index is 1030. The van der Waals surface area contributed by atoms with Crippen LogP contribution in [0.2, 0.25) is 0 Å². The molecule has 7 nitrogen and oxygen atoms in total. The average molecular weight is 396 g/mol. The molecule has 29 heavy (non-hydrogen) atoms. The minimum atomic E-state index is -0.305. The van der Waals surface area contributed by atoms with Gasteiger partial charge in [-0.25, -0.2) is 4.79 Å². The van der Waals surface area contributed by atoms with E-state index in [1.165, 1.54) is 0 Å². The van der Waals surface area contributed by atoms with Crippen molar-refractivity contribution in [3.63, 3.8) is 0 Å². The van der Waals surface area contributed by atoms with E-state index in [0.717, 1.165) is 22.3 Å². The van der Waals surface area contributed by atoms with E-state index in [1.807, 2.05) is 24.3 Å². The van der Waals surface area contributed by atoms with Crippen LogP contribution in [0.1, 0.15) is 16.7 Å². The predicted molar refractivity (Wildman–Crippen MR) is 103 cm³/mol. The van der Waals surface area contributed by atoms with Crippen LogP contribution in [0.5, 0.6) is 28.7 Å². The molecule has 0 N–H and O–H groups in total. The summed E-state index contributed by atoms with van der Waals surface area (Å²) in [6.45, 7) is 0.521. The van der Waals surface area contributed by atoms with Gasteiger partial charge in [-0.1, -0.05) is 6.07 Å². The molecule has 2 aliphatic heterocycles. The normalized spacial score (nSPS) is 18.9. The number of hydrogen-bond acceptors (Lipinski definition) is 7. The summed E-state index contributed by atoms with van der Waals surface area (Å²) in [5.41, 5.74) is 4.13. The van der Waals surface area contributed by atoms with Crippen LogP contribution in [-0.2, 0) is 16.0 Å². The van der Waals surface area contributed by atoms with E-state index in [2.05, 4.69) is 0 Å². The Balaban J connectivity index is 1.82. The van der Waals surface area contributed by atoms with Crippen molar-refractivity contribution < 1.29 is 33.2 Å². The van der Waals surface area contributed by atoms with E-state index < -0.39 is 0 Å². The van der Waals surface area contributed by atoms with Crippen molar-refractivity contribution in [2.45, 2.75) is 6.42 Å². The van der Waals surface area contributed by atoms with E-state index in [-0.39, 0.29) is 18.7 Å². The summed E-state index contributed by atoms with van der Waals surface area (Å²) in [6.07, 6.45) is 0.709. The van der Waals surface area contributed by atoms with Gasteiger partial charge in [-0.05, 0) is 35.7 Å². The molecule has 0 spiro atoms. The zero-order valence-corrected chi connectivity index (χ0v) is 16.4. The number of ether oxygens (including phenoxy) is 6. The summed E-state index contributed by atoms with van der Waals surface area (Å²) in [6, 6.07) is 7.63. The van der Waals surface area contributed by atoms with Crippen LogP contribution in [0.25, 0.3) is 5.57 Å². The minimum Gasteiger partial charge on any atom is -0.493 e. The first-order valence-corrected chi connectivity index (χ1v) is 9.29. The monoisotopic (exact) mass is 396 g/mol. The number of cyclic esters (lactones) is 1. The Kier molecular flexibility index (Phi) is 4.04. The van der Waals surface area contributed by atoms with Crippen molar-refractivity contribution in [1.82, 2.24) is 0 Å². The Morgan fingerprint density at radius 1 is 0.966 bits per heavy atom. The van der Waals surface area contributed by atoms with Crippen LogP contribution in [0.15, 0.2) is 29.8 Å². The van der Waals surface area contributed by atoms with Gasteiger partial charge in [-0.15, -0.1) is 0 Å². The van der Waals surface area contributed by atoms with Crippen LogP contribution in [-0.4, -0.2) is 40.7 Å². The molecule has 1 saturated heterocycles. The standard InChI is InChI=1S/C22H20O7/c1-24-15-7-12(8-16(25-2)20(15)26-3)17-18-11(4-5-14-21(18)29-10-28-14)6-13-9-27-22(23)19(13)17/h4-5,7-8,13H,6,9-10H2,1-3H3. The highest BCUT2D eigenvalue weighted by Crippen LogP contribution is 2.51. The maximum atomic E-state index is 12.7. The highest BCUT2D eigenvalue weighted by molar-refractivity contribution is 6.06. The van der Waals surface area contributed by atoms with Crippen LogP contribution in [0, 0.1) is 5.92 Å². The summed E-state index contributed by atoms with van der Waals surface area (Å²) < 4.78 is 33.3. The fourth-order valence-corrected chi connectivity index (χ4v) is 4.35. The third-order valence-corrected chi connectivity index (χ3v) is 5.61. The largest absolute Gasteiger partial charge is 0.493 e. The van der Waals surface area contributed by atoms with Gasteiger partial charge >= 0.3 is 5.97 Å². The predicted octanol–water partition coefficient (Wildman–Crippen LogP) is 2.97. The van der Waals surface area contributed by atoms with E-state index in [4.69, 9.17) is 28.4 Å². The Morgan fingerprint density at radius 2 is 1.72 bits per heavy atom. The zero-order chi connectivity index (χ0) is 20.1. The molecule has 7 heteroatoms. The molecule has 2 aromatic carbocycles. The fraction of sp³-hybridized carbons (Fsp3) is 0.318. The molecule has 2 heterocycles. The van der Waals surface area contributed by atoms with Gasteiger partial charge < -0.3 is 28.4 Å². The van der Waals surface area contributed by atoms with E-state index in [0.29, 0.717) is 47.3 Å². The lowest BCUT2D eigenvalue weighted by Crippen LogP contribution is -2.17. The summed E-state index contributed by atoms with van der Waals surface area (Å²) in [5, 5.41) is 0. The lowest BCUT2D eigenvalue weighted by molar-refractivity contribution is -0.135. The topological polar surface area (TPSA) is 72.5 Å². The number of carbonyl (C=O) groups excluding carboxylic acids is 1. The number of fused-ring (bicyclic) bond motifs is 4. The SMILES string of the molecule is COc1cc(C2=C3C(=O)OCC3Cc3ccc4c(c32)OCO4)cc(OC)c1OC. The van der Waals surface area contributed by atoms with Gasteiger partial charge in [0.2, 0.25) is 12.5 Å². The first-order chi connectivity index (χ1) is 14.2. The van der Waals surface area contributed by atoms with Crippen LogP contribution >= 0.6 is 0 Å². The fourth-order valence-electron chi connectivity index (χ4n) is 4.35. The Hall–Kier alpha value is -3.35. The maximum Gasteiger partial charge on any atom is 0.335 e. The average Bonchev–Trinajstić information content (AvgIpc) is 3.37. The molecule has 1 fully saturated rings. The molecule has 5 rings (SSSR count). The molecule has 1 unspecified atom stereocenters. The second kappa shape index (κ2) is 6.62. The van der Waals surface area contributed by atoms with E-state index in [9.17, 15) is 4.79 Å². The van der Waals surface area contributed by atoms with Crippen LogP contribution in [0.4, 0.5) is 0 Å². The lowest BCUT2D eigenvalue weighted by atomic mass is 9.77. The number of esters is 1. The van der Waals surface area contributed by atoms with Crippen LogP contribution in [0.3, 0.4) is 0 Å². The number of carbonyl (C=O) groups is 1. The van der Waals surface area contributed by atoms with Crippen molar-refractivity contribution in [3.05, 3.63) is 46.5 Å². The van der Waals surface area contributed by atoms with Gasteiger partial charge in [0.05, 0.1) is 33.5 Å². The number of benzene rings is 2. The van der Waals surface area contributed by atoms with Crippen LogP contribution < -0.4 is 23.7 Å². The maximum absolute atomic E-state index is 12.7. The van der Waals surface area contributed by atoms with Gasteiger partial charge in [0.15, 0.2) is 23.0 Å². The molecule has 0 bridgehead atoms. The molecule has 3 aliphatic rings. The molecule has 150 valence electrons. The quantitative estimate of drug-likeness (QED) is 0.736. The van der Waals surface area contributed by atoms with Gasteiger partial charge in [0.1, 0.15) is 0 Å². The molecule has 2 aromatic rings. The third kappa shape index (κ3) is 2.53. The number of rotatable bonds is 4. The second-order valence-corrected chi connectivity index (χ2v) is 7.04. The van der Waals surface area contributed by atoms with Gasteiger partial charge in [-0.3, -0.25) is 0 Å². The molecular weight excluding hydrogens is 376 g/mol. The summed E-state index contributed by atoms with van der Waals surface area (Å²) >= 11 is 0. The van der Waals surface area contributed by atoms with Gasteiger partial charge in [-0.2, -0.15) is 0 Å². The Labute approximate surface area is 167 Å². The summed E-state index contributed by atoms with van der Waals surface area (Å²) in [4.78, 5) is 12.7. The smallest absolute Gasteiger partial charge is 0.335 e. The molecule has 0 aromatic heterocycles. The third-order valence-electron chi connectivity index (χ3n) is 5.61. The first kappa shape index (κ1) is 17.7.